The zero-order valence-electron chi connectivity index (χ0n) is 14.8. The van der Waals surface area contributed by atoms with Crippen LogP contribution < -0.4 is 4.90 Å². The zero-order valence-corrected chi connectivity index (χ0v) is 14.8. The highest BCUT2D eigenvalue weighted by Crippen LogP contribution is 2.24. The maximum absolute atomic E-state index is 12.1. The molecule has 2 heterocycles. The first-order chi connectivity index (χ1) is 11.3. The predicted molar refractivity (Wildman–Crippen MR) is 90.8 cm³/mol. The number of anilines is 1. The molecule has 7 heteroatoms. The van der Waals surface area contributed by atoms with Crippen molar-refractivity contribution in [3.05, 3.63) is 41.9 Å². The van der Waals surface area contributed by atoms with E-state index in [9.17, 15) is 4.79 Å². The molecule has 0 amide bonds. The minimum absolute atomic E-state index is 0.0695. The smallest absolute Gasteiger partial charge is 0.376 e. The Kier molecular flexibility index (Phi) is 5.43. The molecule has 0 atom stereocenters. The molecule has 128 valence electrons. The summed E-state index contributed by atoms with van der Waals surface area (Å²) in [5.74, 6) is 0.855. The number of aromatic nitrogens is 4. The second-order valence-corrected chi connectivity index (χ2v) is 6.43. The van der Waals surface area contributed by atoms with Crippen LogP contribution in [0, 0.1) is 0 Å². The highest BCUT2D eigenvalue weighted by molar-refractivity contribution is 5.85. The van der Waals surface area contributed by atoms with E-state index in [4.69, 9.17) is 4.74 Å². The Balaban J connectivity index is 2.37. The summed E-state index contributed by atoms with van der Waals surface area (Å²) in [5.41, 5.74) is 0.555. The number of ether oxygens (including phenoxy) is 1. The Morgan fingerprint density at radius 2 is 1.88 bits per heavy atom. The fraction of sp³-hybridized carbons (Fsp3) is 0.471. The minimum atomic E-state index is -0.519. The van der Waals surface area contributed by atoms with Crippen molar-refractivity contribution in [2.45, 2.75) is 39.7 Å². The quantitative estimate of drug-likeness (QED) is 0.779. The first kappa shape index (κ1) is 17.8. The maximum Gasteiger partial charge on any atom is 0.376 e. The van der Waals surface area contributed by atoms with Crippen molar-refractivity contribution in [3.63, 3.8) is 0 Å². The third-order valence-corrected chi connectivity index (χ3v) is 3.33. The van der Waals surface area contributed by atoms with E-state index < -0.39 is 5.97 Å². The molecule has 0 spiro atoms. The van der Waals surface area contributed by atoms with Crippen LogP contribution in [0.3, 0.4) is 0 Å². The molecule has 0 fully saturated rings. The number of hydrogen-bond acceptors (Lipinski definition) is 7. The number of nitrogens with zero attached hydrogens (tertiary/aromatic N) is 5. The van der Waals surface area contributed by atoms with E-state index in [0.29, 0.717) is 18.2 Å². The Labute approximate surface area is 142 Å². The SMILES string of the molecule is CCOC(=O)c1nc(N(C)Cc2ncccn2)cc(C(C)(C)C)n1. The predicted octanol–water partition coefficient (Wildman–Crippen LogP) is 2.38. The molecule has 0 bridgehead atoms. The van der Waals surface area contributed by atoms with Gasteiger partial charge < -0.3 is 9.64 Å². The van der Waals surface area contributed by atoms with Crippen LogP contribution in [0.2, 0.25) is 0 Å². The molecule has 0 saturated heterocycles. The van der Waals surface area contributed by atoms with E-state index in [-0.39, 0.29) is 17.8 Å². The lowest BCUT2D eigenvalue weighted by molar-refractivity contribution is 0.0511. The lowest BCUT2D eigenvalue weighted by Gasteiger charge is -2.22. The molecule has 2 rings (SSSR count). The molecular weight excluding hydrogens is 306 g/mol. The second kappa shape index (κ2) is 7.33. The zero-order chi connectivity index (χ0) is 17.7. The number of hydrogen-bond donors (Lipinski definition) is 0. The van der Waals surface area contributed by atoms with Gasteiger partial charge in [0.25, 0.3) is 0 Å². The van der Waals surface area contributed by atoms with Gasteiger partial charge in [0.15, 0.2) is 0 Å². The lowest BCUT2D eigenvalue weighted by Crippen LogP contribution is -2.24. The number of carbonyl (C=O) groups excluding carboxylic acids is 1. The van der Waals surface area contributed by atoms with Crippen LogP contribution in [-0.2, 0) is 16.7 Å². The molecule has 0 aromatic carbocycles. The van der Waals surface area contributed by atoms with Gasteiger partial charge in [-0.2, -0.15) is 0 Å². The third-order valence-electron chi connectivity index (χ3n) is 3.33. The number of esters is 1. The summed E-state index contributed by atoms with van der Waals surface area (Å²) in [6.45, 7) is 8.62. The third kappa shape index (κ3) is 4.47. The molecule has 2 aromatic heterocycles. The van der Waals surface area contributed by atoms with Crippen molar-refractivity contribution in [2.75, 3.05) is 18.6 Å². The summed E-state index contributed by atoms with van der Waals surface area (Å²) in [5, 5.41) is 0. The first-order valence-electron chi connectivity index (χ1n) is 7.85. The Morgan fingerprint density at radius 1 is 1.21 bits per heavy atom. The summed E-state index contributed by atoms with van der Waals surface area (Å²) >= 11 is 0. The van der Waals surface area contributed by atoms with Crippen LogP contribution in [-0.4, -0.2) is 39.6 Å². The van der Waals surface area contributed by atoms with Gasteiger partial charge in [0.1, 0.15) is 11.6 Å². The van der Waals surface area contributed by atoms with Crippen LogP contribution in [0.5, 0.6) is 0 Å². The topological polar surface area (TPSA) is 81.1 Å². The minimum Gasteiger partial charge on any atom is -0.460 e. The Hall–Kier alpha value is -2.57. The first-order valence-corrected chi connectivity index (χ1v) is 7.85. The number of rotatable bonds is 5. The Bertz CT molecular complexity index is 698. The van der Waals surface area contributed by atoms with Crippen LogP contribution in [0.1, 0.15) is 49.8 Å². The molecule has 0 radical (unpaired) electrons. The van der Waals surface area contributed by atoms with Crippen molar-refractivity contribution < 1.29 is 9.53 Å². The van der Waals surface area contributed by atoms with Crippen molar-refractivity contribution in [1.29, 1.82) is 0 Å². The van der Waals surface area contributed by atoms with Gasteiger partial charge in [0.2, 0.25) is 5.82 Å². The molecule has 2 aromatic rings. The van der Waals surface area contributed by atoms with Gasteiger partial charge in [-0.05, 0) is 13.0 Å². The molecular formula is C17H23N5O2. The molecule has 0 N–H and O–H groups in total. The van der Waals surface area contributed by atoms with Gasteiger partial charge in [-0.1, -0.05) is 20.8 Å². The fourth-order valence-electron chi connectivity index (χ4n) is 2.01. The Morgan fingerprint density at radius 3 is 2.46 bits per heavy atom. The van der Waals surface area contributed by atoms with Gasteiger partial charge in [-0.3, -0.25) is 0 Å². The van der Waals surface area contributed by atoms with Crippen LogP contribution >= 0.6 is 0 Å². The van der Waals surface area contributed by atoms with E-state index >= 15 is 0 Å². The average molecular weight is 329 g/mol. The molecule has 0 unspecified atom stereocenters. The van der Waals surface area contributed by atoms with Gasteiger partial charge in [0, 0.05) is 30.9 Å². The summed E-state index contributed by atoms with van der Waals surface area (Å²) in [6.07, 6.45) is 3.39. The number of carbonyl (C=O) groups is 1. The molecule has 0 aliphatic rings. The highest BCUT2D eigenvalue weighted by atomic mass is 16.5. The summed E-state index contributed by atoms with van der Waals surface area (Å²) in [4.78, 5) is 31.1. The molecule has 24 heavy (non-hydrogen) atoms. The normalized spacial score (nSPS) is 11.2. The summed E-state index contributed by atoms with van der Waals surface area (Å²) in [6, 6.07) is 3.65. The second-order valence-electron chi connectivity index (χ2n) is 6.43. The van der Waals surface area contributed by atoms with E-state index in [2.05, 4.69) is 19.9 Å². The lowest BCUT2D eigenvalue weighted by atomic mass is 9.92. The van der Waals surface area contributed by atoms with Gasteiger partial charge in [0.05, 0.1) is 18.8 Å². The fourth-order valence-corrected chi connectivity index (χ4v) is 2.01. The van der Waals surface area contributed by atoms with Crippen molar-refractivity contribution in [3.8, 4) is 0 Å². The van der Waals surface area contributed by atoms with Gasteiger partial charge in [-0.15, -0.1) is 0 Å². The van der Waals surface area contributed by atoms with E-state index in [1.807, 2.05) is 38.8 Å². The largest absolute Gasteiger partial charge is 0.460 e. The standard InChI is InChI=1S/C17H23N5O2/c1-6-24-16(23)15-20-12(17(2,3)4)10-14(21-15)22(5)11-13-18-8-7-9-19-13/h7-10H,6,11H2,1-5H3. The van der Waals surface area contributed by atoms with E-state index in [1.54, 1.807) is 25.4 Å². The highest BCUT2D eigenvalue weighted by Gasteiger charge is 2.22. The van der Waals surface area contributed by atoms with Crippen molar-refractivity contribution >= 4 is 11.8 Å². The monoisotopic (exact) mass is 329 g/mol. The average Bonchev–Trinajstić information content (AvgIpc) is 2.54. The maximum atomic E-state index is 12.1. The van der Waals surface area contributed by atoms with Crippen LogP contribution in [0.15, 0.2) is 24.5 Å². The van der Waals surface area contributed by atoms with Gasteiger partial charge in [-0.25, -0.2) is 24.7 Å². The van der Waals surface area contributed by atoms with Gasteiger partial charge >= 0.3 is 5.97 Å². The van der Waals surface area contributed by atoms with Crippen molar-refractivity contribution in [1.82, 2.24) is 19.9 Å². The van der Waals surface area contributed by atoms with E-state index in [1.165, 1.54) is 0 Å². The van der Waals surface area contributed by atoms with Crippen LogP contribution in [0.4, 0.5) is 5.82 Å². The summed E-state index contributed by atoms with van der Waals surface area (Å²) in [7, 11) is 1.88. The molecule has 0 aliphatic carbocycles. The summed E-state index contributed by atoms with van der Waals surface area (Å²) < 4.78 is 5.04. The van der Waals surface area contributed by atoms with Crippen LogP contribution in [0.25, 0.3) is 0 Å². The molecule has 7 nitrogen and oxygen atoms in total. The molecule has 0 saturated carbocycles. The molecule has 0 aliphatic heterocycles. The van der Waals surface area contributed by atoms with Crippen molar-refractivity contribution in [2.24, 2.45) is 0 Å². The van der Waals surface area contributed by atoms with E-state index in [0.717, 1.165) is 5.69 Å².